The van der Waals surface area contributed by atoms with Gasteiger partial charge in [-0.25, -0.2) is 31.6 Å². The normalized spacial score (nSPS) is 17.5. The van der Waals surface area contributed by atoms with Gasteiger partial charge in [0.15, 0.2) is 0 Å². The van der Waals surface area contributed by atoms with Crippen LogP contribution in [0.3, 0.4) is 0 Å². The first-order valence-electron chi connectivity index (χ1n) is 16.6. The number of hydrogen-bond acceptors (Lipinski definition) is 9. The molecule has 0 radical (unpaired) electrons. The van der Waals surface area contributed by atoms with Gasteiger partial charge in [-0.2, -0.15) is 4.31 Å². The second kappa shape index (κ2) is 15.3. The number of fused-ring (bicyclic) bond motifs is 1. The highest BCUT2D eigenvalue weighted by molar-refractivity contribution is 7.88. The highest BCUT2D eigenvalue weighted by Gasteiger charge is 2.44. The number of aromatic nitrogens is 3. The number of pyridine rings is 1. The molecule has 0 bridgehead atoms. The predicted octanol–water partition coefficient (Wildman–Crippen LogP) is 4.43. The van der Waals surface area contributed by atoms with Gasteiger partial charge in [-0.05, 0) is 51.8 Å². The number of nitrogens with one attached hydrogen (secondary N) is 2. The minimum absolute atomic E-state index is 0.0636. The number of benzene rings is 1. The minimum Gasteiger partial charge on any atom is -0.364 e. The molecule has 5 rings (SSSR count). The molecular formula is C33H44F3N7O4S. The van der Waals surface area contributed by atoms with Crippen molar-refractivity contribution < 1.29 is 26.4 Å². The number of hydrogen-bond donors (Lipinski definition) is 2. The topological polar surface area (TPSA) is 130 Å². The number of anilines is 2. The zero-order valence-electron chi connectivity index (χ0n) is 27.4. The molecule has 0 spiro atoms. The summed E-state index contributed by atoms with van der Waals surface area (Å²) in [5.41, 5.74) is -0.112. The van der Waals surface area contributed by atoms with E-state index in [2.05, 4.69) is 20.6 Å². The molecule has 0 amide bonds. The van der Waals surface area contributed by atoms with Crippen LogP contribution >= 0.6 is 0 Å². The van der Waals surface area contributed by atoms with Crippen molar-refractivity contribution in [2.45, 2.75) is 70.4 Å². The van der Waals surface area contributed by atoms with Gasteiger partial charge >= 0.3 is 0 Å². The number of piperidine rings is 1. The van der Waals surface area contributed by atoms with Gasteiger partial charge in [0, 0.05) is 50.6 Å². The lowest BCUT2D eigenvalue weighted by atomic mass is 9.86. The van der Waals surface area contributed by atoms with E-state index in [1.807, 2.05) is 4.90 Å². The number of carbonyl (C=O) groups excluding carboxylic acids is 1. The molecule has 2 saturated heterocycles. The number of alkyl halides is 2. The van der Waals surface area contributed by atoms with Crippen molar-refractivity contribution in [1.82, 2.24) is 24.2 Å². The van der Waals surface area contributed by atoms with E-state index >= 15 is 13.2 Å². The number of aryl methyl sites for hydroxylation is 1. The summed E-state index contributed by atoms with van der Waals surface area (Å²) in [5.74, 6) is -4.95. The lowest BCUT2D eigenvalue weighted by molar-refractivity contribution is -0.107. The standard InChI is InChI=1S/C33H44F3N7O4S/c1-23(25-9-8-10-27(29(25)34)33(35,36)24-11-13-37-14-12-24)40-30-26-21-28(41-16-18-42(19-17-41)48(2,46)47)32(45)43(31(26)39-22-38-30)15-6-4-3-5-7-20-44/h8-10,20-24,37H,3-7,11-19H2,1-2H3,(H,38,39,40)/t23-/m1/s1. The lowest BCUT2D eigenvalue weighted by Gasteiger charge is -2.34. The quantitative estimate of drug-likeness (QED) is 0.186. The zero-order valence-corrected chi connectivity index (χ0v) is 28.2. The summed E-state index contributed by atoms with van der Waals surface area (Å²) in [4.78, 5) is 35.3. The van der Waals surface area contributed by atoms with E-state index in [4.69, 9.17) is 0 Å². The minimum atomic E-state index is -3.38. The second-order valence-electron chi connectivity index (χ2n) is 12.7. The highest BCUT2D eigenvalue weighted by Crippen LogP contribution is 2.43. The van der Waals surface area contributed by atoms with Crippen LogP contribution in [0.15, 0.2) is 35.4 Å². The Kier molecular flexibility index (Phi) is 11.4. The molecular weight excluding hydrogens is 647 g/mol. The van der Waals surface area contributed by atoms with E-state index in [-0.39, 0.29) is 37.1 Å². The Morgan fingerprint density at radius 3 is 2.48 bits per heavy atom. The monoisotopic (exact) mass is 691 g/mol. The molecule has 15 heteroatoms. The van der Waals surface area contributed by atoms with Crippen molar-refractivity contribution in [3.05, 3.63) is 57.9 Å². The summed E-state index contributed by atoms with van der Waals surface area (Å²) in [6.45, 7) is 3.98. The molecule has 4 heterocycles. The average Bonchev–Trinajstić information content (AvgIpc) is 3.07. The summed E-state index contributed by atoms with van der Waals surface area (Å²) >= 11 is 0. The van der Waals surface area contributed by atoms with Crippen LogP contribution in [0, 0.1) is 11.7 Å². The van der Waals surface area contributed by atoms with Gasteiger partial charge in [0.2, 0.25) is 10.0 Å². The average molecular weight is 692 g/mol. The van der Waals surface area contributed by atoms with Crippen molar-refractivity contribution in [1.29, 1.82) is 0 Å². The summed E-state index contributed by atoms with van der Waals surface area (Å²) in [6.07, 6.45) is 7.39. The Bertz CT molecular complexity index is 1760. The highest BCUT2D eigenvalue weighted by atomic mass is 32.2. The molecule has 0 unspecified atom stereocenters. The molecule has 2 N–H and O–H groups in total. The van der Waals surface area contributed by atoms with Crippen molar-refractivity contribution in [2.24, 2.45) is 5.92 Å². The Morgan fingerprint density at radius 2 is 1.79 bits per heavy atom. The van der Waals surface area contributed by atoms with Crippen molar-refractivity contribution in [3.8, 4) is 0 Å². The van der Waals surface area contributed by atoms with E-state index in [9.17, 15) is 18.0 Å². The van der Waals surface area contributed by atoms with Gasteiger partial charge in [0.05, 0.1) is 23.2 Å². The Labute approximate surface area is 279 Å². The maximum Gasteiger partial charge on any atom is 0.278 e. The van der Waals surface area contributed by atoms with Gasteiger partial charge in [0.25, 0.3) is 11.5 Å². The summed E-state index contributed by atoms with van der Waals surface area (Å²) in [5, 5.41) is 6.76. The van der Waals surface area contributed by atoms with E-state index in [1.54, 1.807) is 17.6 Å². The van der Waals surface area contributed by atoms with Crippen LogP contribution in [-0.4, -0.2) is 79.1 Å². The van der Waals surface area contributed by atoms with E-state index in [0.29, 0.717) is 68.1 Å². The van der Waals surface area contributed by atoms with Gasteiger partial charge in [0.1, 0.15) is 35.6 Å². The van der Waals surface area contributed by atoms with Crippen LogP contribution in [0.5, 0.6) is 0 Å². The maximum absolute atomic E-state index is 15.9. The summed E-state index contributed by atoms with van der Waals surface area (Å²) in [7, 11) is -3.38. The molecule has 2 aromatic heterocycles. The number of aldehydes is 1. The molecule has 1 atom stereocenters. The van der Waals surface area contributed by atoms with Crippen LogP contribution in [0.4, 0.5) is 24.7 Å². The third-order valence-corrected chi connectivity index (χ3v) is 10.7. The first-order valence-corrected chi connectivity index (χ1v) is 18.4. The first kappa shape index (κ1) is 35.7. The SMILES string of the molecule is C[C@@H](Nc1ncnc2c1cc(N1CCN(S(C)(=O)=O)CC1)c(=O)n2CCCCCCC=O)c1cccc(C(F)(F)C2CCNCC2)c1F. The molecule has 0 aliphatic carbocycles. The smallest absolute Gasteiger partial charge is 0.278 e. The molecule has 262 valence electrons. The number of nitrogens with zero attached hydrogens (tertiary/aromatic N) is 5. The number of piperazine rings is 1. The summed E-state index contributed by atoms with van der Waals surface area (Å²) < 4.78 is 74.2. The van der Waals surface area contributed by atoms with Crippen LogP contribution in [0.2, 0.25) is 0 Å². The molecule has 2 aliphatic heterocycles. The van der Waals surface area contributed by atoms with Crippen molar-refractivity contribution in [3.63, 3.8) is 0 Å². The van der Waals surface area contributed by atoms with Gasteiger partial charge < -0.3 is 20.3 Å². The fourth-order valence-electron chi connectivity index (χ4n) is 6.66. The van der Waals surface area contributed by atoms with Gasteiger partial charge in [-0.15, -0.1) is 0 Å². The first-order chi connectivity index (χ1) is 22.9. The zero-order chi connectivity index (χ0) is 34.5. The predicted molar refractivity (Wildman–Crippen MR) is 180 cm³/mol. The molecule has 0 saturated carbocycles. The Hall–Kier alpha value is -3.56. The third kappa shape index (κ3) is 7.84. The number of unbranched alkanes of at least 4 members (excludes halogenated alkanes) is 4. The van der Waals surface area contributed by atoms with E-state index < -0.39 is 39.3 Å². The second-order valence-corrected chi connectivity index (χ2v) is 14.7. The van der Waals surface area contributed by atoms with Crippen LogP contribution < -0.4 is 21.1 Å². The van der Waals surface area contributed by atoms with Gasteiger partial charge in [-0.1, -0.05) is 31.0 Å². The molecule has 2 fully saturated rings. The number of sulfonamides is 1. The molecule has 2 aliphatic rings. The molecule has 3 aromatic rings. The third-order valence-electron chi connectivity index (χ3n) is 9.43. The van der Waals surface area contributed by atoms with Crippen LogP contribution in [0.1, 0.15) is 69.0 Å². The Morgan fingerprint density at radius 1 is 1.08 bits per heavy atom. The van der Waals surface area contributed by atoms with Crippen LogP contribution in [0.25, 0.3) is 11.0 Å². The molecule has 1 aromatic carbocycles. The van der Waals surface area contributed by atoms with Gasteiger partial charge in [-0.3, -0.25) is 9.36 Å². The fourth-order valence-corrected chi connectivity index (χ4v) is 7.48. The number of carbonyl (C=O) groups is 1. The largest absolute Gasteiger partial charge is 0.364 e. The van der Waals surface area contributed by atoms with Crippen LogP contribution in [-0.2, 0) is 27.3 Å². The summed E-state index contributed by atoms with van der Waals surface area (Å²) in [6, 6.07) is 4.97. The number of halogens is 3. The van der Waals surface area contributed by atoms with Crippen molar-refractivity contribution >= 4 is 38.8 Å². The Balaban J connectivity index is 1.48. The van der Waals surface area contributed by atoms with E-state index in [1.165, 1.54) is 22.8 Å². The molecule has 11 nitrogen and oxygen atoms in total. The van der Waals surface area contributed by atoms with Crippen molar-refractivity contribution in [2.75, 3.05) is 55.7 Å². The fraction of sp³-hybridized carbons (Fsp3) is 0.576. The maximum atomic E-state index is 15.9. The lowest BCUT2D eigenvalue weighted by Crippen LogP contribution is -2.50. The molecule has 48 heavy (non-hydrogen) atoms. The number of rotatable bonds is 14. The van der Waals surface area contributed by atoms with E-state index in [0.717, 1.165) is 37.9 Å².